The van der Waals surface area contributed by atoms with Crippen LogP contribution in [0.3, 0.4) is 0 Å². The Morgan fingerprint density at radius 2 is 2.12 bits per heavy atom. The second-order valence-electron chi connectivity index (χ2n) is 8.10. The van der Waals surface area contributed by atoms with Gasteiger partial charge < -0.3 is 14.5 Å². The Morgan fingerprint density at radius 1 is 1.35 bits per heavy atom. The third-order valence-corrected chi connectivity index (χ3v) is 6.01. The van der Waals surface area contributed by atoms with Crippen molar-refractivity contribution in [1.29, 1.82) is 0 Å². The van der Waals surface area contributed by atoms with Gasteiger partial charge in [0.25, 0.3) is 0 Å². The number of nitrogens with one attached hydrogen (secondary N) is 1. The van der Waals surface area contributed by atoms with Crippen molar-refractivity contribution in [2.24, 2.45) is 11.8 Å². The smallest absolute Gasteiger partial charge is 0.249 e. The first kappa shape index (κ1) is 17.9. The summed E-state index contributed by atoms with van der Waals surface area (Å²) in [5.74, 6) is -1.10. The number of nitrogens with zero attached hydrogens (tertiary/aromatic N) is 1. The molecule has 0 aromatic carbocycles. The van der Waals surface area contributed by atoms with E-state index < -0.39 is 11.8 Å². The first-order chi connectivity index (χ1) is 12.4. The van der Waals surface area contributed by atoms with Crippen molar-refractivity contribution in [1.82, 2.24) is 10.2 Å². The molecule has 0 bridgehead atoms. The van der Waals surface area contributed by atoms with Crippen molar-refractivity contribution in [3.63, 3.8) is 0 Å². The van der Waals surface area contributed by atoms with Crippen LogP contribution >= 0.6 is 0 Å². The Balaban J connectivity index is 1.20. The fourth-order valence-electron chi connectivity index (χ4n) is 4.52. The van der Waals surface area contributed by atoms with Crippen LogP contribution in [-0.4, -0.2) is 48.6 Å². The topological polar surface area (TPSA) is 54.7 Å². The van der Waals surface area contributed by atoms with Crippen LogP contribution in [0.15, 0.2) is 16.5 Å². The maximum Gasteiger partial charge on any atom is 0.249 e. The lowest BCUT2D eigenvalue weighted by Crippen LogP contribution is -2.64. The fourth-order valence-corrected chi connectivity index (χ4v) is 4.52. The summed E-state index contributed by atoms with van der Waals surface area (Å²) in [6.45, 7) is 5.77. The Hall–Kier alpha value is -1.47. The first-order valence-electron chi connectivity index (χ1n) is 9.42. The molecule has 1 spiro atoms. The average molecular weight is 368 g/mol. The lowest BCUT2D eigenvalue weighted by Gasteiger charge is -2.50. The standard InChI is InChI=1S/C19H26F2N2O3/c1-13-2-3-16(26-13)10-23-11-18(12-23)15(5-7-25-18)4-6-22-17(24)14-8-19(20,21)9-14/h2-3,14-15H,4-12H2,1H3,(H,22,24)/t15-/m0/s1. The van der Waals surface area contributed by atoms with Crippen LogP contribution in [0.4, 0.5) is 8.78 Å². The van der Waals surface area contributed by atoms with Crippen LogP contribution in [0.1, 0.15) is 37.2 Å². The largest absolute Gasteiger partial charge is 0.465 e. The first-order valence-corrected chi connectivity index (χ1v) is 9.42. The molecule has 0 radical (unpaired) electrons. The monoisotopic (exact) mass is 368 g/mol. The minimum Gasteiger partial charge on any atom is -0.465 e. The number of halogens is 2. The number of aryl methyl sites for hydroxylation is 1. The summed E-state index contributed by atoms with van der Waals surface area (Å²) in [7, 11) is 0. The van der Waals surface area contributed by atoms with E-state index in [-0.39, 0.29) is 24.3 Å². The third kappa shape index (κ3) is 3.51. The van der Waals surface area contributed by atoms with E-state index in [1.165, 1.54) is 0 Å². The number of ether oxygens (including phenoxy) is 1. The summed E-state index contributed by atoms with van der Waals surface area (Å²) in [5, 5.41) is 2.83. The van der Waals surface area contributed by atoms with Crippen molar-refractivity contribution in [2.45, 2.75) is 50.7 Å². The van der Waals surface area contributed by atoms with Gasteiger partial charge in [-0.3, -0.25) is 9.69 Å². The van der Waals surface area contributed by atoms with E-state index in [0.717, 1.165) is 50.6 Å². The summed E-state index contributed by atoms with van der Waals surface area (Å²) in [6.07, 6.45) is 1.21. The molecule has 5 nitrogen and oxygen atoms in total. The van der Waals surface area contributed by atoms with E-state index >= 15 is 0 Å². The van der Waals surface area contributed by atoms with E-state index in [1.807, 2.05) is 19.1 Å². The Morgan fingerprint density at radius 3 is 2.77 bits per heavy atom. The number of alkyl halides is 2. The van der Waals surface area contributed by atoms with Crippen LogP contribution < -0.4 is 5.32 Å². The molecular weight excluding hydrogens is 342 g/mol. The number of rotatable bonds is 6. The van der Waals surface area contributed by atoms with Crippen LogP contribution in [0.2, 0.25) is 0 Å². The summed E-state index contributed by atoms with van der Waals surface area (Å²) >= 11 is 0. The van der Waals surface area contributed by atoms with E-state index in [2.05, 4.69) is 10.2 Å². The molecule has 1 aliphatic carbocycles. The van der Waals surface area contributed by atoms with Crippen molar-refractivity contribution >= 4 is 5.91 Å². The zero-order valence-corrected chi connectivity index (χ0v) is 15.1. The number of furan rings is 1. The molecule has 3 heterocycles. The minimum atomic E-state index is -2.65. The summed E-state index contributed by atoms with van der Waals surface area (Å²) in [5.41, 5.74) is -0.115. The molecular formula is C19H26F2N2O3. The molecule has 2 aliphatic heterocycles. The minimum absolute atomic E-state index is 0.115. The Kier molecular flexibility index (Phi) is 4.55. The van der Waals surface area contributed by atoms with Gasteiger partial charge in [-0.15, -0.1) is 0 Å². The Labute approximate surface area is 152 Å². The van der Waals surface area contributed by atoms with Crippen LogP contribution in [-0.2, 0) is 16.1 Å². The maximum absolute atomic E-state index is 12.9. The lowest BCUT2D eigenvalue weighted by atomic mass is 9.78. The predicted molar refractivity (Wildman–Crippen MR) is 90.8 cm³/mol. The molecule has 1 N–H and O–H groups in total. The highest BCUT2D eigenvalue weighted by Crippen LogP contribution is 2.43. The summed E-state index contributed by atoms with van der Waals surface area (Å²) in [4.78, 5) is 14.2. The van der Waals surface area contributed by atoms with E-state index in [9.17, 15) is 13.6 Å². The van der Waals surface area contributed by atoms with Crippen LogP contribution in [0, 0.1) is 18.8 Å². The maximum atomic E-state index is 12.9. The second kappa shape index (κ2) is 6.60. The zero-order valence-electron chi connectivity index (χ0n) is 15.1. The summed E-state index contributed by atoms with van der Waals surface area (Å²) < 4.78 is 37.4. The number of carbonyl (C=O) groups is 1. The van der Waals surface area contributed by atoms with Gasteiger partial charge in [0, 0.05) is 45.0 Å². The summed E-state index contributed by atoms with van der Waals surface area (Å²) in [6, 6.07) is 3.98. The van der Waals surface area contributed by atoms with Gasteiger partial charge in [-0.2, -0.15) is 0 Å². The van der Waals surface area contributed by atoms with Gasteiger partial charge in [-0.05, 0) is 37.8 Å². The SMILES string of the molecule is Cc1ccc(CN2CC3(C2)OCC[C@@H]3CCNC(=O)C2CC(F)(F)C2)o1. The number of likely N-dealkylation sites (tertiary alicyclic amines) is 1. The molecule has 7 heteroatoms. The molecule has 1 atom stereocenters. The van der Waals surface area contributed by atoms with E-state index in [4.69, 9.17) is 9.15 Å². The van der Waals surface area contributed by atoms with E-state index in [1.54, 1.807) is 0 Å². The number of hydrogen-bond acceptors (Lipinski definition) is 4. The fraction of sp³-hybridized carbons (Fsp3) is 0.737. The molecule has 0 unspecified atom stereocenters. The molecule has 2 saturated heterocycles. The van der Waals surface area contributed by atoms with Gasteiger partial charge in [-0.1, -0.05) is 0 Å². The number of amides is 1. The molecule has 1 saturated carbocycles. The van der Waals surface area contributed by atoms with Gasteiger partial charge >= 0.3 is 0 Å². The number of carbonyl (C=O) groups excluding carboxylic acids is 1. The molecule has 3 fully saturated rings. The highest BCUT2D eigenvalue weighted by molar-refractivity contribution is 5.79. The van der Waals surface area contributed by atoms with Crippen molar-refractivity contribution < 1.29 is 22.7 Å². The molecule has 3 aliphatic rings. The van der Waals surface area contributed by atoms with Gasteiger partial charge in [0.05, 0.1) is 12.1 Å². The molecule has 1 amide bonds. The lowest BCUT2D eigenvalue weighted by molar-refractivity contribution is -0.150. The van der Waals surface area contributed by atoms with Crippen LogP contribution in [0.5, 0.6) is 0 Å². The Bertz CT molecular complexity index is 661. The normalized spacial score (nSPS) is 27.3. The predicted octanol–water partition coefficient (Wildman–Crippen LogP) is 2.73. The third-order valence-electron chi connectivity index (χ3n) is 6.01. The van der Waals surface area contributed by atoms with Gasteiger partial charge in [0.1, 0.15) is 11.5 Å². The molecule has 26 heavy (non-hydrogen) atoms. The van der Waals surface area contributed by atoms with E-state index in [0.29, 0.717) is 12.5 Å². The average Bonchev–Trinajstić information content (AvgIpc) is 3.11. The van der Waals surface area contributed by atoms with Crippen molar-refractivity contribution in [2.75, 3.05) is 26.2 Å². The van der Waals surface area contributed by atoms with Crippen LogP contribution in [0.25, 0.3) is 0 Å². The highest BCUT2D eigenvalue weighted by Gasteiger charge is 2.53. The molecule has 1 aromatic heterocycles. The molecule has 144 valence electrons. The van der Waals surface area contributed by atoms with Crippen molar-refractivity contribution in [3.05, 3.63) is 23.7 Å². The second-order valence-corrected chi connectivity index (χ2v) is 8.10. The molecule has 1 aromatic rings. The van der Waals surface area contributed by atoms with Gasteiger partial charge in [0.2, 0.25) is 11.8 Å². The highest BCUT2D eigenvalue weighted by atomic mass is 19.3. The molecule has 4 rings (SSSR count). The zero-order chi connectivity index (χ0) is 18.4. The van der Waals surface area contributed by atoms with Gasteiger partial charge in [0.15, 0.2) is 0 Å². The quantitative estimate of drug-likeness (QED) is 0.839. The van der Waals surface area contributed by atoms with Crippen molar-refractivity contribution in [3.8, 4) is 0 Å². The van der Waals surface area contributed by atoms with Gasteiger partial charge in [-0.25, -0.2) is 8.78 Å². The number of hydrogen-bond donors (Lipinski definition) is 1.